The molecule has 5 rings (SSSR count). The molecule has 1 aromatic carbocycles. The standard InChI is InChI=1S/C23H23F2N7O4S/c1-15-27-21(22-28-20(30-36-22)17-3-5-18(6-4-17)35-23(2,24)25)29-32(15)14-16-7-8-26-19(13-16)31-9-11-37(33,34)12-10-31/h3-8,13H,9-12,14H2,1-2H3. The fourth-order valence-corrected chi connectivity index (χ4v) is 5.02. The van der Waals surface area contributed by atoms with Gasteiger partial charge in [-0.05, 0) is 48.9 Å². The zero-order chi connectivity index (χ0) is 26.2. The number of hydrogen-bond donors (Lipinski definition) is 0. The van der Waals surface area contributed by atoms with E-state index in [4.69, 9.17) is 4.52 Å². The van der Waals surface area contributed by atoms with Gasteiger partial charge in [0.25, 0.3) is 5.89 Å². The van der Waals surface area contributed by atoms with Gasteiger partial charge in [-0.3, -0.25) is 0 Å². The molecule has 0 unspecified atom stereocenters. The van der Waals surface area contributed by atoms with Crippen molar-refractivity contribution in [2.24, 2.45) is 0 Å². The van der Waals surface area contributed by atoms with Crippen LogP contribution in [0, 0.1) is 6.92 Å². The molecule has 0 radical (unpaired) electrons. The summed E-state index contributed by atoms with van der Waals surface area (Å²) in [6, 6.07) is 9.65. The normalized spacial score (nSPS) is 15.6. The molecule has 1 aliphatic heterocycles. The Balaban J connectivity index is 1.29. The lowest BCUT2D eigenvalue weighted by Crippen LogP contribution is -2.40. The summed E-state index contributed by atoms with van der Waals surface area (Å²) in [5.41, 5.74) is 1.47. The molecule has 194 valence electrons. The monoisotopic (exact) mass is 531 g/mol. The Labute approximate surface area is 211 Å². The lowest BCUT2D eigenvalue weighted by molar-refractivity contribution is -0.158. The van der Waals surface area contributed by atoms with Crippen LogP contribution in [0.25, 0.3) is 23.1 Å². The van der Waals surface area contributed by atoms with Crippen LogP contribution in [0.5, 0.6) is 5.75 Å². The number of hydrogen-bond acceptors (Lipinski definition) is 10. The van der Waals surface area contributed by atoms with E-state index in [1.807, 2.05) is 17.0 Å². The number of aryl methyl sites for hydroxylation is 1. The number of ether oxygens (including phenoxy) is 1. The predicted molar refractivity (Wildman–Crippen MR) is 129 cm³/mol. The Morgan fingerprint density at radius 3 is 2.51 bits per heavy atom. The van der Waals surface area contributed by atoms with Crippen molar-refractivity contribution in [1.29, 1.82) is 0 Å². The van der Waals surface area contributed by atoms with Gasteiger partial charge in [-0.1, -0.05) is 5.16 Å². The number of halogens is 2. The van der Waals surface area contributed by atoms with Gasteiger partial charge < -0.3 is 14.2 Å². The molecule has 0 aliphatic carbocycles. The molecule has 1 fully saturated rings. The van der Waals surface area contributed by atoms with Crippen LogP contribution in [-0.2, 0) is 16.4 Å². The van der Waals surface area contributed by atoms with E-state index >= 15 is 0 Å². The van der Waals surface area contributed by atoms with Crippen molar-refractivity contribution in [3.8, 4) is 28.9 Å². The average molecular weight is 532 g/mol. The minimum Gasteiger partial charge on any atom is -0.433 e. The first-order chi connectivity index (χ1) is 17.5. The second kappa shape index (κ2) is 9.50. The van der Waals surface area contributed by atoms with Crippen molar-refractivity contribution in [2.45, 2.75) is 26.5 Å². The molecule has 11 nitrogen and oxygen atoms in total. The van der Waals surface area contributed by atoms with Crippen molar-refractivity contribution >= 4 is 15.7 Å². The van der Waals surface area contributed by atoms with Gasteiger partial charge in [0.1, 0.15) is 17.4 Å². The van der Waals surface area contributed by atoms with Gasteiger partial charge in [0.2, 0.25) is 11.6 Å². The number of aromatic nitrogens is 6. The van der Waals surface area contributed by atoms with E-state index in [1.54, 1.807) is 29.9 Å². The van der Waals surface area contributed by atoms with Crippen molar-refractivity contribution < 1.29 is 26.5 Å². The third-order valence-corrected chi connectivity index (χ3v) is 7.30. The second-order valence-electron chi connectivity index (χ2n) is 8.66. The van der Waals surface area contributed by atoms with Crippen LogP contribution in [0.2, 0.25) is 0 Å². The molecule has 0 N–H and O–H groups in total. The highest BCUT2D eigenvalue weighted by atomic mass is 32.2. The maximum absolute atomic E-state index is 13.0. The molecule has 4 aromatic rings. The van der Waals surface area contributed by atoms with Crippen molar-refractivity contribution in [1.82, 2.24) is 29.9 Å². The number of rotatable bonds is 7. The van der Waals surface area contributed by atoms with Crippen molar-refractivity contribution in [2.75, 3.05) is 29.5 Å². The Kier molecular flexibility index (Phi) is 6.35. The fourth-order valence-electron chi connectivity index (χ4n) is 3.82. The zero-order valence-corrected chi connectivity index (χ0v) is 20.8. The third kappa shape index (κ3) is 5.90. The summed E-state index contributed by atoms with van der Waals surface area (Å²) in [5, 5.41) is 8.43. The van der Waals surface area contributed by atoms with Crippen LogP contribution in [0.4, 0.5) is 14.6 Å². The number of nitrogens with zero attached hydrogens (tertiary/aromatic N) is 7. The largest absolute Gasteiger partial charge is 0.433 e. The summed E-state index contributed by atoms with van der Waals surface area (Å²) >= 11 is 0. The van der Waals surface area contributed by atoms with Crippen LogP contribution < -0.4 is 9.64 Å². The number of alkyl halides is 2. The average Bonchev–Trinajstić information content (AvgIpc) is 3.46. The Morgan fingerprint density at radius 2 is 1.81 bits per heavy atom. The molecule has 0 spiro atoms. The summed E-state index contributed by atoms with van der Waals surface area (Å²) in [5.74, 6) is 2.19. The fraction of sp³-hybridized carbons (Fsp3) is 0.348. The van der Waals surface area contributed by atoms with Crippen molar-refractivity contribution in [3.05, 3.63) is 54.0 Å². The Morgan fingerprint density at radius 1 is 1.08 bits per heavy atom. The maximum Gasteiger partial charge on any atom is 0.394 e. The molecule has 1 aliphatic rings. The van der Waals surface area contributed by atoms with Gasteiger partial charge >= 0.3 is 6.11 Å². The summed E-state index contributed by atoms with van der Waals surface area (Å²) in [7, 11) is -2.98. The Bertz CT molecular complexity index is 1500. The van der Waals surface area contributed by atoms with Gasteiger partial charge in [0.15, 0.2) is 9.84 Å². The molecule has 14 heteroatoms. The summed E-state index contributed by atoms with van der Waals surface area (Å²) in [6.45, 7) is 3.69. The first-order valence-electron chi connectivity index (χ1n) is 11.4. The number of anilines is 1. The van der Waals surface area contributed by atoms with Crippen LogP contribution in [0.3, 0.4) is 0 Å². The lowest BCUT2D eigenvalue weighted by Gasteiger charge is -2.27. The summed E-state index contributed by atoms with van der Waals surface area (Å²) in [6.07, 6.45) is -1.60. The Hall–Kier alpha value is -3.94. The summed E-state index contributed by atoms with van der Waals surface area (Å²) in [4.78, 5) is 15.1. The minimum absolute atomic E-state index is 0.0144. The van der Waals surface area contributed by atoms with E-state index in [2.05, 4.69) is 29.9 Å². The molecule has 1 saturated heterocycles. The van der Waals surface area contributed by atoms with Gasteiger partial charge in [-0.15, -0.1) is 5.10 Å². The first kappa shape index (κ1) is 24.7. The molecule has 0 saturated carbocycles. The lowest BCUT2D eigenvalue weighted by atomic mass is 10.2. The molecule has 0 amide bonds. The zero-order valence-electron chi connectivity index (χ0n) is 20.0. The van der Waals surface area contributed by atoms with Gasteiger partial charge in [-0.2, -0.15) is 13.8 Å². The maximum atomic E-state index is 13.0. The smallest absolute Gasteiger partial charge is 0.394 e. The van der Waals surface area contributed by atoms with Crippen LogP contribution in [-0.4, -0.2) is 69.0 Å². The van der Waals surface area contributed by atoms with E-state index in [0.717, 1.165) is 5.56 Å². The van der Waals surface area contributed by atoms with Crippen molar-refractivity contribution in [3.63, 3.8) is 0 Å². The van der Waals surface area contributed by atoms with Gasteiger partial charge in [0, 0.05) is 31.8 Å². The molecular formula is C23H23F2N7O4S. The molecule has 4 heterocycles. The van der Waals surface area contributed by atoms with Gasteiger partial charge in [-0.25, -0.2) is 23.1 Å². The second-order valence-corrected chi connectivity index (χ2v) is 11.0. The van der Waals surface area contributed by atoms with E-state index in [9.17, 15) is 17.2 Å². The molecule has 37 heavy (non-hydrogen) atoms. The van der Waals surface area contributed by atoms with E-state index < -0.39 is 15.9 Å². The van der Waals surface area contributed by atoms with Crippen LogP contribution in [0.15, 0.2) is 47.1 Å². The molecule has 0 bridgehead atoms. The highest BCUT2D eigenvalue weighted by molar-refractivity contribution is 7.91. The minimum atomic E-state index is -3.28. The van der Waals surface area contributed by atoms with Gasteiger partial charge in [0.05, 0.1) is 18.1 Å². The third-order valence-electron chi connectivity index (χ3n) is 5.69. The highest BCUT2D eigenvalue weighted by Gasteiger charge is 2.24. The topological polar surface area (TPSA) is 129 Å². The SMILES string of the molecule is Cc1nc(-c2nc(-c3ccc(OC(C)(F)F)cc3)no2)nn1Cc1ccnc(N2CCS(=O)(=O)CC2)c1. The summed E-state index contributed by atoms with van der Waals surface area (Å²) < 4.78 is 61.0. The van der Waals surface area contributed by atoms with E-state index in [1.165, 1.54) is 12.1 Å². The quantitative estimate of drug-likeness (QED) is 0.351. The first-order valence-corrected chi connectivity index (χ1v) is 13.2. The molecule has 0 atom stereocenters. The molecule has 3 aromatic heterocycles. The van der Waals surface area contributed by atoms with Crippen LogP contribution >= 0.6 is 0 Å². The van der Waals surface area contributed by atoms with E-state index in [-0.39, 0.29) is 34.8 Å². The number of pyridine rings is 1. The molecular weight excluding hydrogens is 508 g/mol. The van der Waals surface area contributed by atoms with E-state index in [0.29, 0.717) is 43.8 Å². The number of sulfone groups is 1. The van der Waals surface area contributed by atoms with Crippen LogP contribution in [0.1, 0.15) is 18.3 Å². The predicted octanol–water partition coefficient (Wildman–Crippen LogP) is 2.97. The number of benzene rings is 1. The highest BCUT2D eigenvalue weighted by Crippen LogP contribution is 2.26.